The zero-order chi connectivity index (χ0) is 13.5. The molecule has 4 nitrogen and oxygen atoms in total. The third-order valence-corrected chi connectivity index (χ3v) is 6.05. The number of nitrogens with zero attached hydrogens (tertiary/aromatic N) is 3. The average Bonchev–Trinajstić information content (AvgIpc) is 2.75. The molecule has 5 heteroatoms. The summed E-state index contributed by atoms with van der Waals surface area (Å²) in [7, 11) is 0. The van der Waals surface area contributed by atoms with Crippen molar-refractivity contribution in [1.29, 1.82) is 0 Å². The fourth-order valence-corrected chi connectivity index (χ4v) is 4.61. The van der Waals surface area contributed by atoms with Crippen molar-refractivity contribution in [3.8, 4) is 0 Å². The first-order chi connectivity index (χ1) is 9.08. The lowest BCUT2D eigenvalue weighted by Gasteiger charge is -2.26. The van der Waals surface area contributed by atoms with Crippen LogP contribution in [0, 0.1) is 5.41 Å². The van der Waals surface area contributed by atoms with Crippen LogP contribution in [0.2, 0.25) is 0 Å². The molecule has 106 valence electrons. The minimum absolute atomic E-state index is 0.260. The van der Waals surface area contributed by atoms with Crippen LogP contribution in [-0.2, 0) is 13.0 Å². The van der Waals surface area contributed by atoms with E-state index < -0.39 is 0 Å². The second kappa shape index (κ2) is 5.09. The predicted molar refractivity (Wildman–Crippen MR) is 78.2 cm³/mol. The number of thioether (sulfide) groups is 1. The molecular formula is C14H24N4S. The topological polar surface area (TPSA) is 56.7 Å². The van der Waals surface area contributed by atoms with Crippen molar-refractivity contribution in [3.05, 3.63) is 5.82 Å². The summed E-state index contributed by atoms with van der Waals surface area (Å²) in [5.41, 5.74) is 6.67. The van der Waals surface area contributed by atoms with Crippen molar-refractivity contribution in [3.63, 3.8) is 0 Å². The van der Waals surface area contributed by atoms with Crippen molar-refractivity contribution in [2.24, 2.45) is 11.1 Å². The number of aromatic nitrogens is 3. The molecule has 1 aromatic heterocycles. The van der Waals surface area contributed by atoms with Gasteiger partial charge in [0.25, 0.3) is 0 Å². The summed E-state index contributed by atoms with van der Waals surface area (Å²) in [5, 5.41) is 10.4. The third kappa shape index (κ3) is 2.55. The minimum atomic E-state index is 0.260. The standard InChI is InChI=1S/C14H24N4S/c1-14(2)8-7-10(12(14)15)19-13-17-16-11-6-4-3-5-9-18(11)13/h10,12H,3-9,15H2,1-2H3. The number of nitrogens with two attached hydrogens (primary N) is 1. The van der Waals surface area contributed by atoms with Gasteiger partial charge in [0.1, 0.15) is 5.82 Å². The summed E-state index contributed by atoms with van der Waals surface area (Å²) in [4.78, 5) is 0. The summed E-state index contributed by atoms with van der Waals surface area (Å²) in [5.74, 6) is 1.17. The van der Waals surface area contributed by atoms with E-state index in [0.29, 0.717) is 5.25 Å². The highest BCUT2D eigenvalue weighted by molar-refractivity contribution is 7.99. The molecule has 19 heavy (non-hydrogen) atoms. The maximum absolute atomic E-state index is 6.40. The van der Waals surface area contributed by atoms with Crippen LogP contribution < -0.4 is 5.73 Å². The van der Waals surface area contributed by atoms with Crippen molar-refractivity contribution in [1.82, 2.24) is 14.8 Å². The molecule has 0 aromatic carbocycles. The van der Waals surface area contributed by atoms with E-state index in [2.05, 4.69) is 28.6 Å². The molecule has 0 bridgehead atoms. The second-order valence-corrected chi connectivity index (χ2v) is 7.78. The van der Waals surface area contributed by atoms with Gasteiger partial charge in [0.2, 0.25) is 0 Å². The molecule has 2 unspecified atom stereocenters. The molecule has 2 N–H and O–H groups in total. The van der Waals surface area contributed by atoms with E-state index in [1.807, 2.05) is 11.8 Å². The molecule has 0 saturated heterocycles. The van der Waals surface area contributed by atoms with Crippen LogP contribution in [0.15, 0.2) is 5.16 Å². The predicted octanol–water partition coefficient (Wildman–Crippen LogP) is 2.61. The molecule has 1 aromatic rings. The van der Waals surface area contributed by atoms with Crippen molar-refractivity contribution >= 4 is 11.8 Å². The molecule has 0 radical (unpaired) electrons. The smallest absolute Gasteiger partial charge is 0.191 e. The first kappa shape index (κ1) is 13.4. The van der Waals surface area contributed by atoms with E-state index in [-0.39, 0.29) is 11.5 Å². The van der Waals surface area contributed by atoms with Gasteiger partial charge in [-0.3, -0.25) is 0 Å². The maximum atomic E-state index is 6.40. The van der Waals surface area contributed by atoms with Crippen LogP contribution in [0.3, 0.4) is 0 Å². The lowest BCUT2D eigenvalue weighted by Crippen LogP contribution is -2.38. The molecule has 2 heterocycles. The molecule has 0 spiro atoms. The molecule has 1 aliphatic carbocycles. The molecule has 1 fully saturated rings. The van der Waals surface area contributed by atoms with Crippen molar-refractivity contribution in [2.75, 3.05) is 0 Å². The number of aryl methyl sites for hydroxylation is 1. The van der Waals surface area contributed by atoms with Gasteiger partial charge in [-0.25, -0.2) is 0 Å². The summed E-state index contributed by atoms with van der Waals surface area (Å²) in [6.07, 6.45) is 7.30. The van der Waals surface area contributed by atoms with Gasteiger partial charge in [0.05, 0.1) is 0 Å². The highest BCUT2D eigenvalue weighted by Gasteiger charge is 2.40. The Balaban J connectivity index is 1.76. The van der Waals surface area contributed by atoms with E-state index in [0.717, 1.165) is 18.1 Å². The molecule has 2 atom stereocenters. The normalized spacial score (nSPS) is 30.1. The van der Waals surface area contributed by atoms with Crippen molar-refractivity contribution < 1.29 is 0 Å². The minimum Gasteiger partial charge on any atom is -0.326 e. The second-order valence-electron chi connectivity index (χ2n) is 6.57. The Kier molecular flexibility index (Phi) is 3.60. The number of fused-ring (bicyclic) bond motifs is 1. The van der Waals surface area contributed by atoms with E-state index in [9.17, 15) is 0 Å². The van der Waals surface area contributed by atoms with Crippen LogP contribution in [0.25, 0.3) is 0 Å². The van der Waals surface area contributed by atoms with Crippen molar-refractivity contribution in [2.45, 2.75) is 75.4 Å². The Morgan fingerprint density at radius 1 is 1.26 bits per heavy atom. The van der Waals surface area contributed by atoms with Crippen LogP contribution in [0.1, 0.15) is 51.8 Å². The summed E-state index contributed by atoms with van der Waals surface area (Å²) >= 11 is 1.86. The van der Waals surface area contributed by atoms with Gasteiger partial charge in [0.15, 0.2) is 5.16 Å². The zero-order valence-electron chi connectivity index (χ0n) is 11.9. The summed E-state index contributed by atoms with van der Waals surface area (Å²) in [6.45, 7) is 5.64. The Labute approximate surface area is 119 Å². The van der Waals surface area contributed by atoms with Gasteiger partial charge in [-0.2, -0.15) is 0 Å². The first-order valence-electron chi connectivity index (χ1n) is 7.42. The molecule has 2 aliphatic rings. The van der Waals surface area contributed by atoms with Crippen LogP contribution in [0.5, 0.6) is 0 Å². The van der Waals surface area contributed by atoms with Gasteiger partial charge in [0, 0.05) is 24.3 Å². The quantitative estimate of drug-likeness (QED) is 0.904. The number of rotatable bonds is 2. The largest absolute Gasteiger partial charge is 0.326 e. The fourth-order valence-electron chi connectivity index (χ4n) is 3.18. The number of hydrogen-bond acceptors (Lipinski definition) is 4. The van der Waals surface area contributed by atoms with E-state index >= 15 is 0 Å². The molecule has 1 saturated carbocycles. The highest BCUT2D eigenvalue weighted by atomic mass is 32.2. The van der Waals surface area contributed by atoms with Crippen LogP contribution in [-0.4, -0.2) is 26.1 Å². The molecular weight excluding hydrogens is 256 g/mol. The lowest BCUT2D eigenvalue weighted by atomic mass is 9.88. The number of hydrogen-bond donors (Lipinski definition) is 1. The Hall–Kier alpha value is -0.550. The van der Waals surface area contributed by atoms with E-state index in [1.54, 1.807) is 0 Å². The molecule has 0 amide bonds. The third-order valence-electron chi connectivity index (χ3n) is 4.71. The monoisotopic (exact) mass is 280 g/mol. The van der Waals surface area contributed by atoms with Gasteiger partial charge in [-0.15, -0.1) is 10.2 Å². The summed E-state index contributed by atoms with van der Waals surface area (Å²) < 4.78 is 2.33. The van der Waals surface area contributed by atoms with Crippen LogP contribution in [0.4, 0.5) is 0 Å². The fraction of sp³-hybridized carbons (Fsp3) is 0.857. The highest BCUT2D eigenvalue weighted by Crippen LogP contribution is 2.43. The molecule has 1 aliphatic heterocycles. The zero-order valence-corrected chi connectivity index (χ0v) is 12.7. The Morgan fingerprint density at radius 2 is 2.11 bits per heavy atom. The first-order valence-corrected chi connectivity index (χ1v) is 8.30. The van der Waals surface area contributed by atoms with Crippen LogP contribution >= 0.6 is 11.8 Å². The summed E-state index contributed by atoms with van der Waals surface area (Å²) in [6, 6.07) is 0.260. The Morgan fingerprint density at radius 3 is 2.84 bits per heavy atom. The Bertz CT molecular complexity index is 454. The average molecular weight is 280 g/mol. The SMILES string of the molecule is CC1(C)CCC(Sc2nnc3n2CCCCC3)C1N. The lowest BCUT2D eigenvalue weighted by molar-refractivity contribution is 0.334. The van der Waals surface area contributed by atoms with E-state index in [1.165, 1.54) is 37.9 Å². The molecule has 3 rings (SSSR count). The van der Waals surface area contributed by atoms with E-state index in [4.69, 9.17) is 5.73 Å². The van der Waals surface area contributed by atoms with Gasteiger partial charge in [-0.05, 0) is 31.1 Å². The maximum Gasteiger partial charge on any atom is 0.191 e. The van der Waals surface area contributed by atoms with Gasteiger partial charge < -0.3 is 10.3 Å². The van der Waals surface area contributed by atoms with Gasteiger partial charge in [-0.1, -0.05) is 32.0 Å². The van der Waals surface area contributed by atoms with Gasteiger partial charge >= 0.3 is 0 Å².